The number of carboxylic acid groups (broad SMARTS) is 1. The Bertz CT molecular complexity index is 1090. The molecule has 0 unspecified atom stereocenters. The summed E-state index contributed by atoms with van der Waals surface area (Å²) in [4.78, 5) is 23.8. The molecule has 3 aromatic rings. The van der Waals surface area contributed by atoms with Crippen LogP contribution in [0.25, 0.3) is 10.9 Å². The highest BCUT2D eigenvalue weighted by atomic mass is 35.5. The second kappa shape index (κ2) is 7.62. The van der Waals surface area contributed by atoms with Crippen LogP contribution in [0.5, 0.6) is 5.75 Å². The number of pyridine rings is 1. The van der Waals surface area contributed by atoms with E-state index < -0.39 is 12.6 Å². The number of halogens is 2. The quantitative estimate of drug-likeness (QED) is 0.690. The van der Waals surface area contributed by atoms with E-state index >= 15 is 0 Å². The third-order valence-electron chi connectivity index (χ3n) is 4.47. The number of benzene rings is 2. The molecule has 0 aliphatic carbocycles. The Balaban J connectivity index is 2.22. The number of hydrogen-bond donors (Lipinski definition) is 1. The maximum Gasteiger partial charge on any atom is 0.341 e. The SMILES string of the molecule is Cc1c(Cc2ccc(Cl)cc2)c(=O)n(C)c2ccc(Cl)c(OCC(=O)O)c12. The summed E-state index contributed by atoms with van der Waals surface area (Å²) in [6, 6.07) is 10.6. The van der Waals surface area contributed by atoms with E-state index in [-0.39, 0.29) is 11.3 Å². The maximum atomic E-state index is 12.9. The molecule has 7 heteroatoms. The Kier molecular flexibility index (Phi) is 5.44. The van der Waals surface area contributed by atoms with Crippen LogP contribution < -0.4 is 10.3 Å². The first-order valence-electron chi connectivity index (χ1n) is 8.19. The van der Waals surface area contributed by atoms with Crippen molar-refractivity contribution in [3.63, 3.8) is 0 Å². The highest BCUT2D eigenvalue weighted by Crippen LogP contribution is 2.36. The fourth-order valence-electron chi connectivity index (χ4n) is 3.10. The molecule has 1 N–H and O–H groups in total. The lowest BCUT2D eigenvalue weighted by atomic mass is 9.98. The molecule has 140 valence electrons. The van der Waals surface area contributed by atoms with Gasteiger partial charge in [0.2, 0.25) is 0 Å². The molecule has 0 amide bonds. The summed E-state index contributed by atoms with van der Waals surface area (Å²) in [5, 5.41) is 10.5. The number of nitrogens with zero attached hydrogens (tertiary/aromatic N) is 1. The minimum atomic E-state index is -1.10. The van der Waals surface area contributed by atoms with Crippen LogP contribution in [-0.4, -0.2) is 22.2 Å². The Morgan fingerprint density at radius 1 is 1.15 bits per heavy atom. The van der Waals surface area contributed by atoms with Crippen LogP contribution in [-0.2, 0) is 18.3 Å². The van der Waals surface area contributed by atoms with Gasteiger partial charge in [0.05, 0.1) is 10.5 Å². The third-order valence-corrected chi connectivity index (χ3v) is 5.02. The molecular weight excluding hydrogens is 389 g/mol. The highest BCUT2D eigenvalue weighted by molar-refractivity contribution is 6.33. The minimum Gasteiger partial charge on any atom is -0.480 e. The van der Waals surface area contributed by atoms with E-state index in [0.29, 0.717) is 38.5 Å². The summed E-state index contributed by atoms with van der Waals surface area (Å²) in [7, 11) is 1.67. The van der Waals surface area contributed by atoms with Crippen LogP contribution in [0.1, 0.15) is 16.7 Å². The average molecular weight is 406 g/mol. The molecule has 0 saturated heterocycles. The van der Waals surface area contributed by atoms with Gasteiger partial charge in [0.25, 0.3) is 5.56 Å². The molecule has 3 rings (SSSR count). The van der Waals surface area contributed by atoms with Crippen molar-refractivity contribution in [3.05, 3.63) is 73.5 Å². The summed E-state index contributed by atoms with van der Waals surface area (Å²) < 4.78 is 6.97. The number of aliphatic carboxylic acids is 1. The van der Waals surface area contributed by atoms with Gasteiger partial charge in [0.15, 0.2) is 6.61 Å². The molecule has 1 heterocycles. The van der Waals surface area contributed by atoms with Gasteiger partial charge in [-0.25, -0.2) is 4.79 Å². The molecule has 0 saturated carbocycles. The lowest BCUT2D eigenvalue weighted by Crippen LogP contribution is -2.24. The number of carboxylic acids is 1. The van der Waals surface area contributed by atoms with Crippen molar-refractivity contribution in [2.24, 2.45) is 7.05 Å². The first-order valence-corrected chi connectivity index (χ1v) is 8.95. The van der Waals surface area contributed by atoms with Crippen molar-refractivity contribution >= 4 is 40.1 Å². The second-order valence-electron chi connectivity index (χ2n) is 6.22. The fourth-order valence-corrected chi connectivity index (χ4v) is 3.44. The van der Waals surface area contributed by atoms with Gasteiger partial charge in [-0.2, -0.15) is 0 Å². The van der Waals surface area contributed by atoms with Crippen molar-refractivity contribution in [1.82, 2.24) is 4.57 Å². The Labute approximate surface area is 165 Å². The van der Waals surface area contributed by atoms with Gasteiger partial charge in [-0.05, 0) is 42.3 Å². The van der Waals surface area contributed by atoms with Crippen LogP contribution in [0.4, 0.5) is 0 Å². The number of carbonyl (C=O) groups is 1. The standard InChI is InChI=1S/C20H17Cl2NO4/c1-11-14(9-12-3-5-13(21)6-4-12)20(26)23(2)16-8-7-15(22)19(18(11)16)27-10-17(24)25/h3-8H,9-10H2,1-2H3,(H,24,25). The Morgan fingerprint density at radius 2 is 1.81 bits per heavy atom. The largest absolute Gasteiger partial charge is 0.480 e. The number of aromatic nitrogens is 1. The predicted molar refractivity (Wildman–Crippen MR) is 106 cm³/mol. The fraction of sp³-hybridized carbons (Fsp3) is 0.200. The summed E-state index contributed by atoms with van der Waals surface area (Å²) in [5.41, 5.74) is 2.75. The topological polar surface area (TPSA) is 68.5 Å². The number of aryl methyl sites for hydroxylation is 2. The minimum absolute atomic E-state index is 0.124. The number of rotatable bonds is 5. The lowest BCUT2D eigenvalue weighted by molar-refractivity contribution is -0.139. The van der Waals surface area contributed by atoms with Gasteiger partial charge in [-0.1, -0.05) is 35.3 Å². The van der Waals surface area contributed by atoms with Crippen molar-refractivity contribution < 1.29 is 14.6 Å². The summed E-state index contributed by atoms with van der Waals surface area (Å²) in [6.07, 6.45) is 0.413. The predicted octanol–water partition coefficient (Wildman–Crippen LogP) is 4.21. The molecule has 0 bridgehead atoms. The smallest absolute Gasteiger partial charge is 0.341 e. The molecular formula is C20H17Cl2NO4. The van der Waals surface area contributed by atoms with Crippen LogP contribution >= 0.6 is 23.2 Å². The average Bonchev–Trinajstić information content (AvgIpc) is 2.63. The van der Waals surface area contributed by atoms with E-state index in [1.807, 2.05) is 19.1 Å². The summed E-state index contributed by atoms with van der Waals surface area (Å²) in [6.45, 7) is 1.30. The zero-order chi connectivity index (χ0) is 19.7. The van der Waals surface area contributed by atoms with Crippen molar-refractivity contribution in [2.75, 3.05) is 6.61 Å². The number of fused-ring (bicyclic) bond motifs is 1. The van der Waals surface area contributed by atoms with E-state index in [0.717, 1.165) is 5.56 Å². The Hall–Kier alpha value is -2.50. The molecule has 5 nitrogen and oxygen atoms in total. The molecule has 0 spiro atoms. The number of ether oxygens (including phenoxy) is 1. The van der Waals surface area contributed by atoms with Crippen molar-refractivity contribution in [2.45, 2.75) is 13.3 Å². The third kappa shape index (κ3) is 3.80. The first kappa shape index (κ1) is 19.3. The normalized spacial score (nSPS) is 11.0. The van der Waals surface area contributed by atoms with Crippen LogP contribution in [0, 0.1) is 6.92 Å². The molecule has 27 heavy (non-hydrogen) atoms. The number of hydrogen-bond acceptors (Lipinski definition) is 3. The molecule has 0 aliphatic heterocycles. The molecule has 2 aromatic carbocycles. The molecule has 0 atom stereocenters. The monoisotopic (exact) mass is 405 g/mol. The Morgan fingerprint density at radius 3 is 2.44 bits per heavy atom. The van der Waals surface area contributed by atoms with Gasteiger partial charge in [0, 0.05) is 29.4 Å². The van der Waals surface area contributed by atoms with Gasteiger partial charge in [-0.15, -0.1) is 0 Å². The van der Waals surface area contributed by atoms with Gasteiger partial charge in [0.1, 0.15) is 5.75 Å². The summed E-state index contributed by atoms with van der Waals surface area (Å²) >= 11 is 12.2. The molecule has 0 aliphatic rings. The zero-order valence-electron chi connectivity index (χ0n) is 14.8. The van der Waals surface area contributed by atoms with Crippen LogP contribution in [0.2, 0.25) is 10.0 Å². The van der Waals surface area contributed by atoms with Crippen LogP contribution in [0.15, 0.2) is 41.2 Å². The molecule has 0 fully saturated rings. The van der Waals surface area contributed by atoms with E-state index in [4.69, 9.17) is 33.0 Å². The van der Waals surface area contributed by atoms with E-state index in [2.05, 4.69) is 0 Å². The maximum absolute atomic E-state index is 12.9. The van der Waals surface area contributed by atoms with Crippen LogP contribution in [0.3, 0.4) is 0 Å². The zero-order valence-corrected chi connectivity index (χ0v) is 16.3. The van der Waals surface area contributed by atoms with E-state index in [1.54, 1.807) is 31.3 Å². The van der Waals surface area contributed by atoms with E-state index in [9.17, 15) is 9.59 Å². The lowest BCUT2D eigenvalue weighted by Gasteiger charge is -2.17. The van der Waals surface area contributed by atoms with Gasteiger partial charge < -0.3 is 14.4 Å². The molecule has 1 aromatic heterocycles. The summed E-state index contributed by atoms with van der Waals surface area (Å²) in [5.74, 6) is -0.839. The van der Waals surface area contributed by atoms with Crippen molar-refractivity contribution in [3.8, 4) is 5.75 Å². The first-order chi connectivity index (χ1) is 12.8. The second-order valence-corrected chi connectivity index (χ2v) is 7.07. The van der Waals surface area contributed by atoms with Crippen molar-refractivity contribution in [1.29, 1.82) is 0 Å². The van der Waals surface area contributed by atoms with E-state index in [1.165, 1.54) is 4.57 Å². The molecule has 0 radical (unpaired) electrons. The highest BCUT2D eigenvalue weighted by Gasteiger charge is 2.19. The van der Waals surface area contributed by atoms with Gasteiger partial charge >= 0.3 is 5.97 Å². The van der Waals surface area contributed by atoms with Gasteiger partial charge in [-0.3, -0.25) is 4.79 Å².